The van der Waals surface area contributed by atoms with Crippen LogP contribution in [0.5, 0.6) is 5.75 Å². The maximum Gasteiger partial charge on any atom is 0.258 e. The van der Waals surface area contributed by atoms with Crippen LogP contribution in [0.3, 0.4) is 0 Å². The second kappa shape index (κ2) is 7.87. The summed E-state index contributed by atoms with van der Waals surface area (Å²) >= 11 is 6.19. The van der Waals surface area contributed by atoms with Gasteiger partial charge in [-0.15, -0.1) is 0 Å². The van der Waals surface area contributed by atoms with E-state index >= 15 is 0 Å². The highest BCUT2D eigenvalue weighted by molar-refractivity contribution is 6.30. The molecule has 0 saturated carbocycles. The lowest BCUT2D eigenvalue weighted by atomic mass is 10.0. The number of pyridine rings is 1. The molecule has 0 aliphatic carbocycles. The van der Waals surface area contributed by atoms with Gasteiger partial charge in [-0.2, -0.15) is 0 Å². The van der Waals surface area contributed by atoms with Crippen LogP contribution in [0.15, 0.2) is 77.7 Å². The minimum Gasteiger partial charge on any atom is -0.487 e. The van der Waals surface area contributed by atoms with E-state index in [9.17, 15) is 4.79 Å². The van der Waals surface area contributed by atoms with Crippen LogP contribution in [-0.4, -0.2) is 9.38 Å². The lowest BCUT2D eigenvalue weighted by Crippen LogP contribution is -2.16. The topological polar surface area (TPSA) is 43.6 Å². The average molecular weight is 391 g/mol. The Morgan fingerprint density at radius 2 is 1.86 bits per heavy atom. The number of halogens is 1. The van der Waals surface area contributed by atoms with E-state index in [4.69, 9.17) is 16.3 Å². The van der Waals surface area contributed by atoms with Crippen molar-refractivity contribution in [3.63, 3.8) is 0 Å². The van der Waals surface area contributed by atoms with Crippen LogP contribution >= 0.6 is 11.6 Å². The van der Waals surface area contributed by atoms with Gasteiger partial charge in [0.25, 0.3) is 5.56 Å². The van der Waals surface area contributed by atoms with Gasteiger partial charge in [0.05, 0.1) is 5.69 Å². The fourth-order valence-corrected chi connectivity index (χ4v) is 3.32. The Labute approximate surface area is 168 Å². The normalized spacial score (nSPS) is 10.9. The molecule has 2 aromatic carbocycles. The summed E-state index contributed by atoms with van der Waals surface area (Å²) in [4.78, 5) is 16.9. The van der Waals surface area contributed by atoms with Crippen LogP contribution in [0.1, 0.15) is 22.4 Å². The molecule has 0 N–H and O–H groups in total. The number of nitrogens with zero attached hydrogens (tertiary/aromatic N) is 2. The van der Waals surface area contributed by atoms with Crippen molar-refractivity contribution < 1.29 is 4.74 Å². The third kappa shape index (κ3) is 4.07. The molecule has 0 aliphatic heterocycles. The Balaban J connectivity index is 1.59. The van der Waals surface area contributed by atoms with Gasteiger partial charge in [-0.05, 0) is 47.9 Å². The van der Waals surface area contributed by atoms with Gasteiger partial charge in [0, 0.05) is 23.7 Å². The number of hydrogen-bond acceptors (Lipinski definition) is 3. The van der Waals surface area contributed by atoms with Gasteiger partial charge in [0.15, 0.2) is 0 Å². The second-order valence-electron chi connectivity index (χ2n) is 6.72. The summed E-state index contributed by atoms with van der Waals surface area (Å²) < 4.78 is 7.55. The highest BCUT2D eigenvalue weighted by Crippen LogP contribution is 2.26. The minimum absolute atomic E-state index is 0.118. The molecule has 5 heteroatoms. The molecule has 0 radical (unpaired) electrons. The standard InChI is InChI=1S/C23H19ClN2O2/c1-16-7-10-22-25-20(13-23(27)26(22)14-16)15-28-21-9-8-19(24)12-18(21)11-17-5-3-2-4-6-17/h2-10,12-14H,11,15H2,1H3. The summed E-state index contributed by atoms with van der Waals surface area (Å²) in [6.07, 6.45) is 2.50. The van der Waals surface area contributed by atoms with Crippen LogP contribution < -0.4 is 10.3 Å². The summed E-state index contributed by atoms with van der Waals surface area (Å²) in [5.41, 5.74) is 4.26. The van der Waals surface area contributed by atoms with E-state index in [-0.39, 0.29) is 12.2 Å². The number of aryl methyl sites for hydroxylation is 1. The summed E-state index contributed by atoms with van der Waals surface area (Å²) in [6.45, 7) is 2.15. The van der Waals surface area contributed by atoms with E-state index in [0.717, 1.165) is 16.9 Å². The van der Waals surface area contributed by atoms with Crippen molar-refractivity contribution in [2.24, 2.45) is 0 Å². The molecule has 140 valence electrons. The Morgan fingerprint density at radius 3 is 2.68 bits per heavy atom. The third-order valence-corrected chi connectivity index (χ3v) is 4.73. The van der Waals surface area contributed by atoms with Crippen molar-refractivity contribution >= 4 is 17.2 Å². The van der Waals surface area contributed by atoms with Crippen molar-refractivity contribution in [3.8, 4) is 5.75 Å². The fourth-order valence-electron chi connectivity index (χ4n) is 3.13. The third-order valence-electron chi connectivity index (χ3n) is 4.50. The maximum absolute atomic E-state index is 12.4. The molecule has 0 saturated heterocycles. The monoisotopic (exact) mass is 390 g/mol. The summed E-state index contributed by atoms with van der Waals surface area (Å²) in [6, 6.07) is 21.0. The van der Waals surface area contributed by atoms with Crippen LogP contribution in [0.2, 0.25) is 5.02 Å². The molecule has 0 bridgehead atoms. The van der Waals surface area contributed by atoms with Gasteiger partial charge in [-0.3, -0.25) is 9.20 Å². The quantitative estimate of drug-likeness (QED) is 0.490. The molecular formula is C23H19ClN2O2. The van der Waals surface area contributed by atoms with E-state index in [0.29, 0.717) is 22.8 Å². The van der Waals surface area contributed by atoms with Gasteiger partial charge in [0.2, 0.25) is 0 Å². The highest BCUT2D eigenvalue weighted by atomic mass is 35.5. The number of fused-ring (bicyclic) bond motifs is 1. The van der Waals surface area contributed by atoms with Gasteiger partial charge in [-0.25, -0.2) is 4.98 Å². The Morgan fingerprint density at radius 1 is 1.04 bits per heavy atom. The van der Waals surface area contributed by atoms with Gasteiger partial charge < -0.3 is 4.74 Å². The number of benzene rings is 2. The Hall–Kier alpha value is -3.11. The first-order chi connectivity index (χ1) is 13.6. The van der Waals surface area contributed by atoms with Gasteiger partial charge in [0.1, 0.15) is 18.0 Å². The zero-order valence-electron chi connectivity index (χ0n) is 15.4. The highest BCUT2D eigenvalue weighted by Gasteiger charge is 2.09. The first kappa shape index (κ1) is 18.3. The summed E-state index contributed by atoms with van der Waals surface area (Å²) in [7, 11) is 0. The van der Waals surface area contributed by atoms with E-state index in [1.165, 1.54) is 11.6 Å². The molecule has 0 spiro atoms. The van der Waals surface area contributed by atoms with E-state index in [1.54, 1.807) is 16.7 Å². The lowest BCUT2D eigenvalue weighted by molar-refractivity contribution is 0.298. The number of rotatable bonds is 5. The van der Waals surface area contributed by atoms with Crippen molar-refractivity contribution in [1.29, 1.82) is 0 Å². The first-order valence-electron chi connectivity index (χ1n) is 9.02. The number of hydrogen-bond donors (Lipinski definition) is 0. The predicted octanol–water partition coefficient (Wildman–Crippen LogP) is 4.83. The van der Waals surface area contributed by atoms with Gasteiger partial charge in [-0.1, -0.05) is 48.0 Å². The Kier molecular flexibility index (Phi) is 5.13. The van der Waals surface area contributed by atoms with Crippen molar-refractivity contribution in [2.75, 3.05) is 0 Å². The van der Waals surface area contributed by atoms with E-state index in [2.05, 4.69) is 17.1 Å². The number of ether oxygens (including phenoxy) is 1. The van der Waals surface area contributed by atoms with E-state index < -0.39 is 0 Å². The van der Waals surface area contributed by atoms with Crippen LogP contribution in [0, 0.1) is 6.92 Å². The zero-order chi connectivity index (χ0) is 19.5. The molecule has 0 aliphatic rings. The second-order valence-corrected chi connectivity index (χ2v) is 7.16. The first-order valence-corrected chi connectivity index (χ1v) is 9.40. The average Bonchev–Trinajstić information content (AvgIpc) is 2.69. The Bertz CT molecular complexity index is 1190. The fraction of sp³-hybridized carbons (Fsp3) is 0.130. The van der Waals surface area contributed by atoms with Crippen LogP contribution in [-0.2, 0) is 13.0 Å². The van der Waals surface area contributed by atoms with E-state index in [1.807, 2.05) is 49.4 Å². The predicted molar refractivity (Wildman–Crippen MR) is 111 cm³/mol. The molecule has 4 nitrogen and oxygen atoms in total. The molecule has 28 heavy (non-hydrogen) atoms. The molecule has 4 aromatic rings. The molecule has 2 heterocycles. The lowest BCUT2D eigenvalue weighted by Gasteiger charge is -2.12. The molecule has 0 amide bonds. The molecule has 4 rings (SSSR count). The van der Waals surface area contributed by atoms with Crippen molar-refractivity contribution in [1.82, 2.24) is 9.38 Å². The zero-order valence-corrected chi connectivity index (χ0v) is 16.2. The smallest absolute Gasteiger partial charge is 0.258 e. The summed E-state index contributed by atoms with van der Waals surface area (Å²) in [5, 5.41) is 0.663. The largest absolute Gasteiger partial charge is 0.487 e. The molecular weight excluding hydrogens is 372 g/mol. The molecule has 0 unspecified atom stereocenters. The minimum atomic E-state index is -0.118. The SMILES string of the molecule is Cc1ccc2nc(COc3ccc(Cl)cc3Cc3ccccc3)cc(=O)n2c1. The van der Waals surface area contributed by atoms with Gasteiger partial charge >= 0.3 is 0 Å². The van der Waals surface area contributed by atoms with Crippen molar-refractivity contribution in [2.45, 2.75) is 20.0 Å². The number of aromatic nitrogens is 2. The molecule has 0 atom stereocenters. The summed E-state index contributed by atoms with van der Waals surface area (Å²) in [5.74, 6) is 0.735. The van der Waals surface area contributed by atoms with Crippen LogP contribution in [0.4, 0.5) is 0 Å². The maximum atomic E-state index is 12.4. The molecule has 0 fully saturated rings. The van der Waals surface area contributed by atoms with Crippen LogP contribution in [0.25, 0.3) is 5.65 Å². The molecule has 2 aromatic heterocycles. The van der Waals surface area contributed by atoms with Crippen molar-refractivity contribution in [3.05, 3.63) is 111 Å².